The molecule has 1 aliphatic heterocycles. The Kier molecular flexibility index (Phi) is 5.56. The Bertz CT molecular complexity index is 800. The van der Waals surface area contributed by atoms with Gasteiger partial charge in [0.1, 0.15) is 0 Å². The molecule has 0 saturated carbocycles. The Labute approximate surface area is 157 Å². The number of hydrogen-bond donors (Lipinski definition) is 0. The summed E-state index contributed by atoms with van der Waals surface area (Å²) in [6.45, 7) is 1.36. The summed E-state index contributed by atoms with van der Waals surface area (Å²) in [5.41, 5.74) is 1.09. The highest BCUT2D eigenvalue weighted by Crippen LogP contribution is 2.32. The SMILES string of the molecule is CN(C)C1CCCN(C(=O)c2ccccc2-c2ccc(C(F)(F)F)cc2)C1. The Morgan fingerprint density at radius 3 is 2.37 bits per heavy atom. The monoisotopic (exact) mass is 376 g/mol. The van der Waals surface area contributed by atoms with Crippen molar-refractivity contribution in [2.24, 2.45) is 0 Å². The van der Waals surface area contributed by atoms with Gasteiger partial charge in [0.15, 0.2) is 0 Å². The summed E-state index contributed by atoms with van der Waals surface area (Å²) >= 11 is 0. The largest absolute Gasteiger partial charge is 0.416 e. The summed E-state index contributed by atoms with van der Waals surface area (Å²) in [6.07, 6.45) is -2.38. The Hall–Kier alpha value is -2.34. The summed E-state index contributed by atoms with van der Waals surface area (Å²) in [6, 6.07) is 12.4. The second kappa shape index (κ2) is 7.72. The van der Waals surface area contributed by atoms with Crippen LogP contribution in [-0.4, -0.2) is 48.9 Å². The Balaban J connectivity index is 1.89. The van der Waals surface area contributed by atoms with Crippen molar-refractivity contribution in [2.45, 2.75) is 25.1 Å². The number of amides is 1. The fourth-order valence-corrected chi connectivity index (χ4v) is 3.49. The first-order chi connectivity index (χ1) is 12.8. The third-order valence-electron chi connectivity index (χ3n) is 5.09. The van der Waals surface area contributed by atoms with Crippen LogP contribution in [0.2, 0.25) is 0 Å². The number of likely N-dealkylation sites (N-methyl/N-ethyl adjacent to an activating group) is 1. The van der Waals surface area contributed by atoms with Crippen LogP contribution in [0.15, 0.2) is 48.5 Å². The van der Waals surface area contributed by atoms with E-state index in [1.807, 2.05) is 19.0 Å². The van der Waals surface area contributed by atoms with Crippen molar-refractivity contribution in [1.29, 1.82) is 0 Å². The summed E-state index contributed by atoms with van der Waals surface area (Å²) in [5, 5.41) is 0. The molecule has 0 bridgehead atoms. The molecule has 2 aromatic carbocycles. The van der Waals surface area contributed by atoms with Gasteiger partial charge in [0.25, 0.3) is 5.91 Å². The van der Waals surface area contributed by atoms with Crippen molar-refractivity contribution in [3.63, 3.8) is 0 Å². The van der Waals surface area contributed by atoms with Crippen molar-refractivity contribution in [1.82, 2.24) is 9.80 Å². The second-order valence-corrected chi connectivity index (χ2v) is 7.13. The third-order valence-corrected chi connectivity index (χ3v) is 5.09. The van der Waals surface area contributed by atoms with Crippen LogP contribution in [-0.2, 0) is 6.18 Å². The number of benzene rings is 2. The lowest BCUT2D eigenvalue weighted by Crippen LogP contribution is -2.47. The number of alkyl halides is 3. The van der Waals surface area contributed by atoms with Gasteiger partial charge in [-0.25, -0.2) is 0 Å². The summed E-state index contributed by atoms with van der Waals surface area (Å²) < 4.78 is 38.4. The summed E-state index contributed by atoms with van der Waals surface area (Å²) in [7, 11) is 4.02. The predicted octanol–water partition coefficient (Wildman–Crippen LogP) is 4.54. The molecule has 1 saturated heterocycles. The lowest BCUT2D eigenvalue weighted by molar-refractivity contribution is -0.137. The van der Waals surface area contributed by atoms with E-state index in [4.69, 9.17) is 0 Å². The molecule has 6 heteroatoms. The highest BCUT2D eigenvalue weighted by atomic mass is 19.4. The third kappa shape index (κ3) is 4.33. The molecule has 1 unspecified atom stereocenters. The normalized spacial score (nSPS) is 18.0. The quantitative estimate of drug-likeness (QED) is 0.785. The number of carbonyl (C=O) groups excluding carboxylic acids is 1. The van der Waals surface area contributed by atoms with Crippen LogP contribution in [0.3, 0.4) is 0 Å². The molecule has 1 heterocycles. The number of rotatable bonds is 3. The van der Waals surface area contributed by atoms with Gasteiger partial charge in [-0.2, -0.15) is 13.2 Å². The predicted molar refractivity (Wildman–Crippen MR) is 99.5 cm³/mol. The molecule has 2 aromatic rings. The topological polar surface area (TPSA) is 23.6 Å². The molecule has 3 rings (SSSR count). The van der Waals surface area contributed by atoms with Gasteiger partial charge in [0.05, 0.1) is 5.56 Å². The Morgan fingerprint density at radius 2 is 1.74 bits per heavy atom. The van der Waals surface area contributed by atoms with Crippen LogP contribution in [0, 0.1) is 0 Å². The van der Waals surface area contributed by atoms with Crippen LogP contribution < -0.4 is 0 Å². The molecule has 1 atom stereocenters. The molecule has 0 aliphatic carbocycles. The maximum Gasteiger partial charge on any atom is 0.416 e. The smallest absolute Gasteiger partial charge is 0.337 e. The number of carbonyl (C=O) groups is 1. The molecule has 0 spiro atoms. The molecule has 0 N–H and O–H groups in total. The van der Waals surface area contributed by atoms with Gasteiger partial charge in [0, 0.05) is 24.7 Å². The van der Waals surface area contributed by atoms with E-state index in [-0.39, 0.29) is 5.91 Å². The zero-order valence-electron chi connectivity index (χ0n) is 15.5. The van der Waals surface area contributed by atoms with Gasteiger partial charge >= 0.3 is 6.18 Å². The van der Waals surface area contributed by atoms with Crippen LogP contribution in [0.1, 0.15) is 28.8 Å². The average molecular weight is 376 g/mol. The highest BCUT2D eigenvalue weighted by molar-refractivity contribution is 6.01. The molecular weight excluding hydrogens is 353 g/mol. The maximum atomic E-state index is 13.1. The first kappa shape index (κ1) is 19.4. The minimum Gasteiger partial charge on any atom is -0.337 e. The van der Waals surface area contributed by atoms with Crippen molar-refractivity contribution in [3.05, 3.63) is 59.7 Å². The average Bonchev–Trinajstić information content (AvgIpc) is 2.67. The minimum absolute atomic E-state index is 0.0722. The van der Waals surface area contributed by atoms with Gasteiger partial charge in [-0.05, 0) is 56.3 Å². The van der Waals surface area contributed by atoms with E-state index in [0.29, 0.717) is 35.8 Å². The standard InChI is InChI=1S/C21H23F3N2O/c1-25(2)17-6-5-13-26(14-17)20(27)19-8-4-3-7-18(19)15-9-11-16(12-10-15)21(22,23)24/h3-4,7-12,17H,5-6,13-14H2,1-2H3. The second-order valence-electron chi connectivity index (χ2n) is 7.13. The van der Waals surface area contributed by atoms with Gasteiger partial charge in [-0.15, -0.1) is 0 Å². The van der Waals surface area contributed by atoms with Gasteiger partial charge < -0.3 is 9.80 Å². The lowest BCUT2D eigenvalue weighted by Gasteiger charge is -2.36. The molecule has 144 valence electrons. The summed E-state index contributed by atoms with van der Waals surface area (Å²) in [4.78, 5) is 17.1. The summed E-state index contributed by atoms with van der Waals surface area (Å²) in [5.74, 6) is -0.0722. The first-order valence-electron chi connectivity index (χ1n) is 8.99. The maximum absolute atomic E-state index is 13.1. The number of nitrogens with zero attached hydrogens (tertiary/aromatic N) is 2. The van der Waals surface area contributed by atoms with Gasteiger partial charge in [0.2, 0.25) is 0 Å². The van der Waals surface area contributed by atoms with E-state index in [1.54, 1.807) is 24.3 Å². The van der Waals surface area contributed by atoms with E-state index < -0.39 is 11.7 Å². The minimum atomic E-state index is -4.37. The number of likely N-dealkylation sites (tertiary alicyclic amines) is 1. The fraction of sp³-hybridized carbons (Fsp3) is 0.381. The molecule has 3 nitrogen and oxygen atoms in total. The highest BCUT2D eigenvalue weighted by Gasteiger charge is 2.30. The zero-order chi connectivity index (χ0) is 19.6. The van der Waals surface area contributed by atoms with Crippen LogP contribution in [0.25, 0.3) is 11.1 Å². The first-order valence-corrected chi connectivity index (χ1v) is 8.99. The van der Waals surface area contributed by atoms with Gasteiger partial charge in [-0.1, -0.05) is 30.3 Å². The zero-order valence-corrected chi connectivity index (χ0v) is 15.5. The van der Waals surface area contributed by atoms with E-state index >= 15 is 0 Å². The van der Waals surface area contributed by atoms with Crippen LogP contribution in [0.4, 0.5) is 13.2 Å². The molecule has 27 heavy (non-hydrogen) atoms. The molecule has 0 radical (unpaired) electrons. The molecule has 1 amide bonds. The number of piperidine rings is 1. The van der Waals surface area contributed by atoms with Gasteiger partial charge in [-0.3, -0.25) is 4.79 Å². The van der Waals surface area contributed by atoms with Crippen molar-refractivity contribution >= 4 is 5.91 Å². The van der Waals surface area contributed by atoms with Crippen LogP contribution >= 0.6 is 0 Å². The van der Waals surface area contributed by atoms with Crippen molar-refractivity contribution < 1.29 is 18.0 Å². The number of hydrogen-bond acceptors (Lipinski definition) is 2. The lowest BCUT2D eigenvalue weighted by atomic mass is 9.96. The van der Waals surface area contributed by atoms with E-state index in [0.717, 1.165) is 25.0 Å². The van der Waals surface area contributed by atoms with Crippen molar-refractivity contribution in [2.75, 3.05) is 27.2 Å². The number of halogens is 3. The van der Waals surface area contributed by atoms with Crippen molar-refractivity contribution in [3.8, 4) is 11.1 Å². The van der Waals surface area contributed by atoms with E-state index in [1.165, 1.54) is 12.1 Å². The van der Waals surface area contributed by atoms with E-state index in [9.17, 15) is 18.0 Å². The molecule has 1 fully saturated rings. The Morgan fingerprint density at radius 1 is 1.07 bits per heavy atom. The fourth-order valence-electron chi connectivity index (χ4n) is 3.49. The van der Waals surface area contributed by atoms with Crippen LogP contribution in [0.5, 0.6) is 0 Å². The molecule has 0 aromatic heterocycles. The van der Waals surface area contributed by atoms with E-state index in [2.05, 4.69) is 4.90 Å². The molecule has 1 aliphatic rings. The molecular formula is C21H23F3N2O.